The molecule has 2 aromatic rings. The molecular formula is C18H18BrNO. The van der Waals surface area contributed by atoms with Gasteiger partial charge in [-0.25, -0.2) is 0 Å². The number of likely N-dealkylation sites (tertiary alicyclic amines) is 1. The number of Topliss-reactive ketones (excluding diaryl/α,β-unsaturated/α-hetero) is 1. The number of nitrogens with zero attached hydrogens (tertiary/aromatic N) is 1. The van der Waals surface area contributed by atoms with Crippen LogP contribution in [0.3, 0.4) is 0 Å². The summed E-state index contributed by atoms with van der Waals surface area (Å²) in [4.78, 5) is 13.7. The second-order valence-electron chi connectivity index (χ2n) is 5.48. The molecule has 0 bridgehead atoms. The largest absolute Gasteiger partial charge is 0.300 e. The molecule has 0 spiro atoms. The molecule has 0 aliphatic carbocycles. The molecule has 0 amide bonds. The van der Waals surface area contributed by atoms with E-state index in [1.807, 2.05) is 0 Å². The molecule has 1 fully saturated rings. The number of carbonyl (C=O) groups excluding carboxylic acids is 1. The first-order chi connectivity index (χ1) is 10.2. The minimum atomic E-state index is 0.396. The van der Waals surface area contributed by atoms with E-state index < -0.39 is 0 Å². The van der Waals surface area contributed by atoms with Gasteiger partial charge >= 0.3 is 0 Å². The van der Waals surface area contributed by atoms with Gasteiger partial charge in [0.15, 0.2) is 0 Å². The van der Waals surface area contributed by atoms with Crippen molar-refractivity contribution in [1.29, 1.82) is 0 Å². The molecule has 3 rings (SSSR count). The van der Waals surface area contributed by atoms with E-state index in [0.29, 0.717) is 18.6 Å². The number of hydrogen-bond acceptors (Lipinski definition) is 2. The highest BCUT2D eigenvalue weighted by Gasteiger charge is 2.17. The number of rotatable bonds is 3. The molecular weight excluding hydrogens is 326 g/mol. The van der Waals surface area contributed by atoms with Crippen molar-refractivity contribution in [2.24, 2.45) is 0 Å². The molecule has 2 aromatic carbocycles. The predicted molar refractivity (Wildman–Crippen MR) is 89.1 cm³/mol. The number of halogens is 1. The van der Waals surface area contributed by atoms with Crippen LogP contribution in [-0.2, 0) is 11.3 Å². The van der Waals surface area contributed by atoms with E-state index in [-0.39, 0.29) is 0 Å². The molecule has 0 aromatic heterocycles. The molecule has 1 aliphatic rings. The lowest BCUT2D eigenvalue weighted by Crippen LogP contribution is -2.33. The van der Waals surface area contributed by atoms with Crippen LogP contribution in [0.25, 0.3) is 11.1 Å². The average Bonchev–Trinajstić information content (AvgIpc) is 2.51. The minimum Gasteiger partial charge on any atom is -0.300 e. The minimum absolute atomic E-state index is 0.396. The van der Waals surface area contributed by atoms with Crippen molar-refractivity contribution in [2.45, 2.75) is 19.4 Å². The fraction of sp³-hybridized carbons (Fsp3) is 0.278. The second kappa shape index (κ2) is 6.54. The third-order valence-corrected chi connectivity index (χ3v) is 4.51. The van der Waals surface area contributed by atoms with Crippen molar-refractivity contribution in [3.8, 4) is 11.1 Å². The summed E-state index contributed by atoms with van der Waals surface area (Å²) in [6.07, 6.45) is 1.39. The van der Waals surface area contributed by atoms with E-state index in [2.05, 4.69) is 69.4 Å². The van der Waals surface area contributed by atoms with Gasteiger partial charge in [0.2, 0.25) is 0 Å². The lowest BCUT2D eigenvalue weighted by molar-refractivity contribution is -0.121. The summed E-state index contributed by atoms with van der Waals surface area (Å²) in [6.45, 7) is 2.68. The van der Waals surface area contributed by atoms with Crippen molar-refractivity contribution < 1.29 is 4.79 Å². The van der Waals surface area contributed by atoms with Crippen LogP contribution in [0.5, 0.6) is 0 Å². The van der Waals surface area contributed by atoms with E-state index in [4.69, 9.17) is 0 Å². The topological polar surface area (TPSA) is 20.3 Å². The lowest BCUT2D eigenvalue weighted by atomic mass is 9.98. The SMILES string of the molecule is O=C1CCN(Cc2ccccc2-c2ccc(Br)cc2)CC1. The molecule has 1 heterocycles. The Hall–Kier alpha value is -1.45. The van der Waals surface area contributed by atoms with Gasteiger partial charge in [-0.1, -0.05) is 52.3 Å². The average molecular weight is 344 g/mol. The quantitative estimate of drug-likeness (QED) is 0.828. The Morgan fingerprint density at radius 1 is 0.952 bits per heavy atom. The van der Waals surface area contributed by atoms with Crippen LogP contribution >= 0.6 is 15.9 Å². The highest BCUT2D eigenvalue weighted by Crippen LogP contribution is 2.26. The van der Waals surface area contributed by atoms with Crippen molar-refractivity contribution in [3.05, 3.63) is 58.6 Å². The number of piperidine rings is 1. The summed E-state index contributed by atoms with van der Waals surface area (Å²) in [6, 6.07) is 17.0. The third-order valence-electron chi connectivity index (χ3n) is 3.98. The molecule has 0 N–H and O–H groups in total. The monoisotopic (exact) mass is 343 g/mol. The fourth-order valence-corrected chi connectivity index (χ4v) is 3.04. The predicted octanol–water partition coefficient (Wildman–Crippen LogP) is 4.28. The fourth-order valence-electron chi connectivity index (χ4n) is 2.77. The van der Waals surface area contributed by atoms with Gasteiger partial charge in [0, 0.05) is 36.9 Å². The Kier molecular flexibility index (Phi) is 4.51. The zero-order valence-electron chi connectivity index (χ0n) is 11.9. The molecule has 0 atom stereocenters. The van der Waals surface area contributed by atoms with Gasteiger partial charge in [-0.05, 0) is 28.8 Å². The normalized spacial score (nSPS) is 16.1. The first-order valence-electron chi connectivity index (χ1n) is 7.30. The van der Waals surface area contributed by atoms with Crippen LogP contribution in [0.15, 0.2) is 53.0 Å². The highest BCUT2D eigenvalue weighted by atomic mass is 79.9. The van der Waals surface area contributed by atoms with Gasteiger partial charge in [0.1, 0.15) is 5.78 Å². The van der Waals surface area contributed by atoms with E-state index in [0.717, 1.165) is 24.1 Å². The van der Waals surface area contributed by atoms with Crippen molar-refractivity contribution in [3.63, 3.8) is 0 Å². The molecule has 1 saturated heterocycles. The summed E-state index contributed by atoms with van der Waals surface area (Å²) >= 11 is 3.48. The Balaban J connectivity index is 1.82. The van der Waals surface area contributed by atoms with Crippen LogP contribution in [0.4, 0.5) is 0 Å². The van der Waals surface area contributed by atoms with Crippen LogP contribution in [0.1, 0.15) is 18.4 Å². The standard InChI is InChI=1S/C18H18BrNO/c19-16-7-5-14(6-8-16)18-4-2-1-3-15(18)13-20-11-9-17(21)10-12-20/h1-8H,9-13H2. The Labute approximate surface area is 133 Å². The number of ketones is 1. The number of benzene rings is 2. The third kappa shape index (κ3) is 3.60. The van der Waals surface area contributed by atoms with E-state index in [1.165, 1.54) is 16.7 Å². The first-order valence-corrected chi connectivity index (χ1v) is 8.09. The zero-order chi connectivity index (χ0) is 14.7. The van der Waals surface area contributed by atoms with Gasteiger partial charge in [0.25, 0.3) is 0 Å². The van der Waals surface area contributed by atoms with Gasteiger partial charge in [0.05, 0.1) is 0 Å². The maximum Gasteiger partial charge on any atom is 0.135 e. The van der Waals surface area contributed by atoms with E-state index in [9.17, 15) is 4.79 Å². The Morgan fingerprint density at radius 2 is 1.62 bits per heavy atom. The number of hydrogen-bond donors (Lipinski definition) is 0. The van der Waals surface area contributed by atoms with Crippen LogP contribution in [0.2, 0.25) is 0 Å². The van der Waals surface area contributed by atoms with Crippen LogP contribution < -0.4 is 0 Å². The summed E-state index contributed by atoms with van der Waals surface area (Å²) in [5.74, 6) is 0.396. The first kappa shape index (κ1) is 14.5. The molecule has 0 saturated carbocycles. The Bertz CT molecular complexity index is 626. The smallest absolute Gasteiger partial charge is 0.135 e. The van der Waals surface area contributed by atoms with Crippen LogP contribution in [-0.4, -0.2) is 23.8 Å². The maximum absolute atomic E-state index is 11.4. The molecule has 21 heavy (non-hydrogen) atoms. The molecule has 0 radical (unpaired) electrons. The molecule has 3 heteroatoms. The summed E-state index contributed by atoms with van der Waals surface area (Å²) < 4.78 is 1.10. The molecule has 108 valence electrons. The highest BCUT2D eigenvalue weighted by molar-refractivity contribution is 9.10. The summed E-state index contributed by atoms with van der Waals surface area (Å²) in [5.41, 5.74) is 3.85. The van der Waals surface area contributed by atoms with Crippen molar-refractivity contribution in [1.82, 2.24) is 4.90 Å². The van der Waals surface area contributed by atoms with E-state index in [1.54, 1.807) is 0 Å². The maximum atomic E-state index is 11.4. The summed E-state index contributed by atoms with van der Waals surface area (Å²) in [7, 11) is 0. The molecule has 1 aliphatic heterocycles. The van der Waals surface area contributed by atoms with Crippen molar-refractivity contribution >= 4 is 21.7 Å². The summed E-state index contributed by atoms with van der Waals surface area (Å²) in [5, 5.41) is 0. The second-order valence-corrected chi connectivity index (χ2v) is 6.39. The molecule has 2 nitrogen and oxygen atoms in total. The van der Waals surface area contributed by atoms with Gasteiger partial charge in [-0.15, -0.1) is 0 Å². The zero-order valence-corrected chi connectivity index (χ0v) is 13.5. The molecule has 0 unspecified atom stereocenters. The van der Waals surface area contributed by atoms with Gasteiger partial charge < -0.3 is 0 Å². The Morgan fingerprint density at radius 3 is 2.33 bits per heavy atom. The number of carbonyl (C=O) groups is 1. The van der Waals surface area contributed by atoms with Gasteiger partial charge in [-0.2, -0.15) is 0 Å². The lowest BCUT2D eigenvalue weighted by Gasteiger charge is -2.26. The van der Waals surface area contributed by atoms with Gasteiger partial charge in [-0.3, -0.25) is 9.69 Å². The van der Waals surface area contributed by atoms with E-state index >= 15 is 0 Å². The van der Waals surface area contributed by atoms with Crippen LogP contribution in [0, 0.1) is 0 Å². The van der Waals surface area contributed by atoms with Crippen molar-refractivity contribution in [2.75, 3.05) is 13.1 Å².